The van der Waals surface area contributed by atoms with Crippen LogP contribution in [0.3, 0.4) is 0 Å². The molecule has 0 unspecified atom stereocenters. The number of aryl methyl sites for hydroxylation is 3. The monoisotopic (exact) mass is 528 g/mol. The molecule has 0 N–H and O–H groups in total. The fourth-order valence-corrected chi connectivity index (χ4v) is 14.5. The third-order valence-corrected chi connectivity index (χ3v) is 16.0. The Hall–Kier alpha value is -2.97. The van der Waals surface area contributed by atoms with Gasteiger partial charge in [-0.25, -0.2) is 4.57 Å². The van der Waals surface area contributed by atoms with Crippen molar-refractivity contribution in [2.24, 2.45) is 7.05 Å². The Morgan fingerprint density at radius 3 is 2.13 bits per heavy atom. The van der Waals surface area contributed by atoms with E-state index in [1.54, 1.807) is 21.5 Å². The lowest BCUT2D eigenvalue weighted by Crippen LogP contribution is -2.67. The van der Waals surface area contributed by atoms with Crippen LogP contribution in [0.2, 0.25) is 12.1 Å². The zero-order valence-electron chi connectivity index (χ0n) is 24.0. The molecule has 1 aliphatic carbocycles. The number of benzene rings is 3. The second-order valence-electron chi connectivity index (χ2n) is 12.8. The number of aromatic nitrogens is 1. The van der Waals surface area contributed by atoms with Gasteiger partial charge in [-0.3, -0.25) is 0 Å². The first-order valence-electron chi connectivity index (χ1n) is 15.4. The van der Waals surface area contributed by atoms with E-state index in [1.807, 2.05) is 0 Å². The zero-order valence-corrected chi connectivity index (χ0v) is 25.0. The Bertz CT molecular complexity index is 1550. The van der Waals surface area contributed by atoms with Crippen LogP contribution in [0, 0.1) is 13.8 Å². The predicted molar refractivity (Wildman–Crippen MR) is 167 cm³/mol. The fraction of sp³-hybridized carbons (Fsp3) is 0.378. The normalized spacial score (nSPS) is 19.1. The summed E-state index contributed by atoms with van der Waals surface area (Å²) < 4.78 is 2.34. The van der Waals surface area contributed by atoms with Crippen molar-refractivity contribution < 1.29 is 4.57 Å². The van der Waals surface area contributed by atoms with Crippen molar-refractivity contribution in [3.8, 4) is 22.4 Å². The number of rotatable bonds is 2. The second-order valence-corrected chi connectivity index (χ2v) is 17.0. The van der Waals surface area contributed by atoms with Crippen LogP contribution in [-0.2, 0) is 12.5 Å². The number of hydrogen-bond acceptors (Lipinski definition) is 0. The van der Waals surface area contributed by atoms with E-state index in [0.29, 0.717) is 0 Å². The summed E-state index contributed by atoms with van der Waals surface area (Å²) in [6, 6.07) is 31.6. The number of fused-ring (bicyclic) bond motifs is 6. The molecule has 7 rings (SSSR count). The van der Waals surface area contributed by atoms with Crippen LogP contribution in [0.15, 0.2) is 79.0 Å². The molecule has 4 aromatic rings. The Balaban J connectivity index is 1.43. The number of hydrogen-bond donors (Lipinski definition) is 0. The topological polar surface area (TPSA) is 3.88 Å². The van der Waals surface area contributed by atoms with Gasteiger partial charge in [0.1, 0.15) is 15.1 Å². The lowest BCUT2D eigenvalue weighted by atomic mass is 9.64. The molecule has 0 radical (unpaired) electrons. The molecule has 3 heterocycles. The lowest BCUT2D eigenvalue weighted by Gasteiger charge is -2.51. The first-order chi connectivity index (χ1) is 19.0. The van der Waals surface area contributed by atoms with Crippen LogP contribution < -0.4 is 14.9 Å². The summed E-state index contributed by atoms with van der Waals surface area (Å²) in [5.74, 6) is 0. The summed E-state index contributed by atoms with van der Waals surface area (Å²) in [5.41, 5.74) is 11.7. The molecular weight excluding hydrogens is 487 g/mol. The average Bonchev–Trinajstić information content (AvgIpc) is 2.98. The summed E-state index contributed by atoms with van der Waals surface area (Å²) in [7, 11) is 0.480. The van der Waals surface area contributed by atoms with Crippen molar-refractivity contribution in [3.05, 3.63) is 101 Å². The molecular formula is C37H42NSi+. The van der Waals surface area contributed by atoms with E-state index in [9.17, 15) is 0 Å². The van der Waals surface area contributed by atoms with Gasteiger partial charge in [0.25, 0.3) is 0 Å². The Labute approximate surface area is 236 Å². The standard InChI is InChI=1S/C37H42NSi/c1-27-14-6-7-15-30(27)34-24-28(2)31(26-38(34)3)29-18-19-36-33(25-29)37(20-10-4-11-21-37)32-16-8-9-17-35(32)39(36)22-12-5-13-23-39/h6-9,14-19,24-26H,4-5,10-13,20-23H2,1-3H3/q+1. The van der Waals surface area contributed by atoms with Gasteiger partial charge in [-0.15, -0.1) is 0 Å². The third-order valence-electron chi connectivity index (χ3n) is 10.6. The maximum Gasteiger partial charge on any atom is 0.212 e. The molecule has 1 nitrogen and oxygen atoms in total. The summed E-state index contributed by atoms with van der Waals surface area (Å²) in [6.07, 6.45) is 13.3. The zero-order chi connectivity index (χ0) is 26.6. The maximum absolute atomic E-state index is 2.68. The Morgan fingerprint density at radius 1 is 0.641 bits per heavy atom. The van der Waals surface area contributed by atoms with Crippen molar-refractivity contribution in [2.45, 2.75) is 82.7 Å². The van der Waals surface area contributed by atoms with Gasteiger partial charge in [0, 0.05) is 22.6 Å². The second kappa shape index (κ2) is 9.59. The molecule has 3 aliphatic rings. The van der Waals surface area contributed by atoms with Gasteiger partial charge in [0.2, 0.25) is 5.69 Å². The molecule has 198 valence electrons. The van der Waals surface area contributed by atoms with Crippen molar-refractivity contribution in [1.29, 1.82) is 0 Å². The summed E-state index contributed by atoms with van der Waals surface area (Å²) >= 11 is 0. The lowest BCUT2D eigenvalue weighted by molar-refractivity contribution is -0.660. The molecule has 1 saturated carbocycles. The third kappa shape index (κ3) is 3.82. The molecule has 39 heavy (non-hydrogen) atoms. The van der Waals surface area contributed by atoms with Crippen LogP contribution in [-0.4, -0.2) is 8.07 Å². The molecule has 2 spiro atoms. The Morgan fingerprint density at radius 2 is 1.33 bits per heavy atom. The van der Waals surface area contributed by atoms with Crippen molar-refractivity contribution >= 4 is 18.4 Å². The minimum atomic E-state index is -1.73. The van der Waals surface area contributed by atoms with E-state index in [1.165, 1.54) is 97.0 Å². The first kappa shape index (κ1) is 25.0. The molecule has 3 aromatic carbocycles. The summed E-state index contributed by atoms with van der Waals surface area (Å²) in [5, 5.41) is 3.60. The molecule has 0 amide bonds. The predicted octanol–water partition coefficient (Wildman–Crippen LogP) is 7.77. The molecule has 2 aliphatic heterocycles. The van der Waals surface area contributed by atoms with E-state index in [-0.39, 0.29) is 5.41 Å². The largest absolute Gasteiger partial charge is 0.212 e. The highest BCUT2D eigenvalue weighted by molar-refractivity contribution is 7.03. The minimum absolute atomic E-state index is 0.201. The smallest absolute Gasteiger partial charge is 0.200 e. The highest BCUT2D eigenvalue weighted by Crippen LogP contribution is 2.49. The molecule has 0 bridgehead atoms. The molecule has 2 heteroatoms. The van der Waals surface area contributed by atoms with E-state index < -0.39 is 8.07 Å². The average molecular weight is 529 g/mol. The van der Waals surface area contributed by atoms with Gasteiger partial charge in [0.15, 0.2) is 6.20 Å². The minimum Gasteiger partial charge on any atom is -0.200 e. The summed E-state index contributed by atoms with van der Waals surface area (Å²) in [6.45, 7) is 4.52. The van der Waals surface area contributed by atoms with E-state index in [0.717, 1.165) is 0 Å². The number of nitrogens with zero attached hydrogens (tertiary/aromatic N) is 1. The van der Waals surface area contributed by atoms with Crippen molar-refractivity contribution in [3.63, 3.8) is 0 Å². The van der Waals surface area contributed by atoms with Gasteiger partial charge in [0.05, 0.1) is 0 Å². The van der Waals surface area contributed by atoms with E-state index >= 15 is 0 Å². The quantitative estimate of drug-likeness (QED) is 0.185. The van der Waals surface area contributed by atoms with Crippen LogP contribution in [0.4, 0.5) is 0 Å². The maximum atomic E-state index is 2.68. The van der Waals surface area contributed by atoms with Crippen molar-refractivity contribution in [2.75, 3.05) is 0 Å². The van der Waals surface area contributed by atoms with Crippen LogP contribution in [0.5, 0.6) is 0 Å². The number of pyridine rings is 1. The van der Waals surface area contributed by atoms with Crippen LogP contribution in [0.1, 0.15) is 73.6 Å². The van der Waals surface area contributed by atoms with Gasteiger partial charge < -0.3 is 0 Å². The molecule has 0 atom stereocenters. The van der Waals surface area contributed by atoms with Crippen LogP contribution >= 0.6 is 0 Å². The van der Waals surface area contributed by atoms with Gasteiger partial charge in [-0.1, -0.05) is 104 Å². The highest BCUT2D eigenvalue weighted by atomic mass is 28.3. The van der Waals surface area contributed by atoms with Crippen molar-refractivity contribution in [1.82, 2.24) is 0 Å². The van der Waals surface area contributed by atoms with Gasteiger partial charge in [-0.2, -0.15) is 0 Å². The molecule has 1 aromatic heterocycles. The fourth-order valence-electron chi connectivity index (χ4n) is 8.70. The molecule has 1 saturated heterocycles. The van der Waals surface area contributed by atoms with Crippen LogP contribution in [0.25, 0.3) is 22.4 Å². The highest BCUT2D eigenvalue weighted by Gasteiger charge is 2.51. The van der Waals surface area contributed by atoms with E-state index in [4.69, 9.17) is 0 Å². The van der Waals surface area contributed by atoms with E-state index in [2.05, 4.69) is 104 Å². The first-order valence-corrected chi connectivity index (χ1v) is 17.8. The molecule has 2 fully saturated rings. The van der Waals surface area contributed by atoms with Gasteiger partial charge in [-0.05, 0) is 77.8 Å². The SMILES string of the molecule is Cc1cc(-c2ccccc2C)[n+](C)cc1-c1ccc2c(c1)C1(CCCCC1)c1ccccc1[Si]21CCCCC1. The Kier molecular flexibility index (Phi) is 6.15. The summed E-state index contributed by atoms with van der Waals surface area (Å²) in [4.78, 5) is 0. The van der Waals surface area contributed by atoms with Gasteiger partial charge >= 0.3 is 0 Å².